The predicted molar refractivity (Wildman–Crippen MR) is 117 cm³/mol. The van der Waals surface area contributed by atoms with Gasteiger partial charge in [-0.2, -0.15) is 0 Å². The molecule has 4 rings (SSSR count). The Morgan fingerprint density at radius 1 is 1.07 bits per heavy atom. The van der Waals surface area contributed by atoms with E-state index in [1.165, 1.54) is 0 Å². The number of anilines is 2. The fourth-order valence-corrected chi connectivity index (χ4v) is 3.69. The highest BCUT2D eigenvalue weighted by Crippen LogP contribution is 2.22. The highest BCUT2D eigenvalue weighted by molar-refractivity contribution is 5.94. The smallest absolute Gasteiger partial charge is 0.252 e. The van der Waals surface area contributed by atoms with E-state index in [1.807, 2.05) is 31.3 Å². The number of nitrogens with zero attached hydrogens (tertiary/aromatic N) is 5. The highest BCUT2D eigenvalue weighted by atomic mass is 16.5. The lowest BCUT2D eigenvalue weighted by Gasteiger charge is -2.35. The maximum Gasteiger partial charge on any atom is 0.252 e. The summed E-state index contributed by atoms with van der Waals surface area (Å²) in [7, 11) is 0. The second kappa shape index (κ2) is 9.58. The number of fused-ring (bicyclic) bond motifs is 1. The third kappa shape index (κ3) is 4.54. The minimum absolute atomic E-state index is 0.0564. The predicted octanol–water partition coefficient (Wildman–Crippen LogP) is 2.21. The van der Waals surface area contributed by atoms with Gasteiger partial charge in [-0.3, -0.25) is 4.79 Å². The third-order valence-corrected chi connectivity index (χ3v) is 5.29. The number of rotatable bonds is 8. The molecule has 30 heavy (non-hydrogen) atoms. The molecule has 1 amide bonds. The zero-order valence-corrected chi connectivity index (χ0v) is 17.3. The summed E-state index contributed by atoms with van der Waals surface area (Å²) >= 11 is 0. The number of carbonyl (C=O) groups excluding carboxylic acids is 1. The van der Waals surface area contributed by atoms with Crippen molar-refractivity contribution < 1.29 is 9.53 Å². The number of carbonyl (C=O) groups is 1. The van der Waals surface area contributed by atoms with Crippen LogP contribution in [0.5, 0.6) is 0 Å². The van der Waals surface area contributed by atoms with Gasteiger partial charge in [0.15, 0.2) is 0 Å². The van der Waals surface area contributed by atoms with Crippen LogP contribution in [0.25, 0.3) is 5.52 Å². The average molecular weight is 409 g/mol. The molecule has 0 aliphatic carbocycles. The maximum absolute atomic E-state index is 12.5. The molecule has 3 aromatic rings. The molecule has 1 aliphatic rings. The van der Waals surface area contributed by atoms with Crippen LogP contribution in [-0.4, -0.2) is 66.2 Å². The third-order valence-electron chi connectivity index (χ3n) is 5.29. The minimum atomic E-state index is -0.0564. The zero-order chi connectivity index (χ0) is 20.8. The molecule has 8 nitrogen and oxygen atoms in total. The summed E-state index contributed by atoms with van der Waals surface area (Å²) in [6.07, 6.45) is 6.29. The molecule has 1 N–H and O–H groups in total. The van der Waals surface area contributed by atoms with E-state index >= 15 is 0 Å². The molecule has 4 heterocycles. The van der Waals surface area contributed by atoms with Crippen LogP contribution in [-0.2, 0) is 4.74 Å². The Kier molecular flexibility index (Phi) is 6.44. The van der Waals surface area contributed by atoms with Crippen LogP contribution in [0.15, 0.2) is 48.9 Å². The first-order valence-corrected chi connectivity index (χ1v) is 10.5. The number of hydrogen-bond donors (Lipinski definition) is 1. The van der Waals surface area contributed by atoms with Gasteiger partial charge in [-0.15, -0.1) is 0 Å². The van der Waals surface area contributed by atoms with Crippen LogP contribution >= 0.6 is 0 Å². The minimum Gasteiger partial charge on any atom is -0.382 e. The van der Waals surface area contributed by atoms with E-state index in [-0.39, 0.29) is 5.91 Å². The van der Waals surface area contributed by atoms with Crippen LogP contribution in [0.1, 0.15) is 23.7 Å². The van der Waals surface area contributed by atoms with Crippen molar-refractivity contribution in [1.82, 2.24) is 19.7 Å². The molecule has 8 heteroatoms. The Labute approximate surface area is 176 Å². The van der Waals surface area contributed by atoms with E-state index in [0.717, 1.165) is 49.9 Å². The first-order chi connectivity index (χ1) is 14.8. The Morgan fingerprint density at radius 2 is 1.80 bits per heavy atom. The van der Waals surface area contributed by atoms with E-state index in [9.17, 15) is 4.79 Å². The van der Waals surface area contributed by atoms with E-state index in [2.05, 4.69) is 41.6 Å². The lowest BCUT2D eigenvalue weighted by atomic mass is 10.2. The Bertz CT molecular complexity index is 966. The fourth-order valence-electron chi connectivity index (χ4n) is 3.69. The number of ether oxygens (including phenoxy) is 1. The maximum atomic E-state index is 12.5. The molecule has 3 aromatic heterocycles. The number of aromatic nitrogens is 3. The largest absolute Gasteiger partial charge is 0.382 e. The SMILES string of the molecule is CCOCCCNC(=O)c1ccc2ccc(N3CCN(c4ncccn4)CC3)n2c1. The van der Waals surface area contributed by atoms with Gasteiger partial charge in [-0.1, -0.05) is 0 Å². The quantitative estimate of drug-likeness (QED) is 0.576. The first kappa shape index (κ1) is 20.2. The number of amides is 1. The number of pyridine rings is 1. The topological polar surface area (TPSA) is 75.0 Å². The summed E-state index contributed by atoms with van der Waals surface area (Å²) in [5.74, 6) is 1.82. The molecule has 1 fully saturated rings. The molecular formula is C22H28N6O2. The van der Waals surface area contributed by atoms with Crippen molar-refractivity contribution in [2.75, 3.05) is 55.7 Å². The van der Waals surface area contributed by atoms with E-state index in [0.29, 0.717) is 25.3 Å². The van der Waals surface area contributed by atoms with E-state index in [1.54, 1.807) is 12.4 Å². The molecule has 0 unspecified atom stereocenters. The van der Waals surface area contributed by atoms with Crippen LogP contribution in [0.2, 0.25) is 0 Å². The van der Waals surface area contributed by atoms with Crippen molar-refractivity contribution in [3.8, 4) is 0 Å². The van der Waals surface area contributed by atoms with Crippen molar-refractivity contribution >= 4 is 23.2 Å². The van der Waals surface area contributed by atoms with Crippen molar-refractivity contribution in [3.05, 3.63) is 54.5 Å². The molecule has 0 aromatic carbocycles. The lowest BCUT2D eigenvalue weighted by molar-refractivity contribution is 0.0944. The fraction of sp³-hybridized carbons (Fsp3) is 0.409. The summed E-state index contributed by atoms with van der Waals surface area (Å²) in [5.41, 5.74) is 1.74. The van der Waals surface area contributed by atoms with Crippen molar-refractivity contribution in [1.29, 1.82) is 0 Å². The molecule has 1 saturated heterocycles. The summed E-state index contributed by atoms with van der Waals surface area (Å²) in [4.78, 5) is 25.8. The Balaban J connectivity index is 1.41. The Hall–Kier alpha value is -3.13. The van der Waals surface area contributed by atoms with Gasteiger partial charge in [0.2, 0.25) is 5.95 Å². The van der Waals surface area contributed by atoms with Crippen LogP contribution in [0.4, 0.5) is 11.8 Å². The average Bonchev–Trinajstić information content (AvgIpc) is 3.23. The summed E-state index contributed by atoms with van der Waals surface area (Å²) in [6.45, 7) is 7.41. The van der Waals surface area contributed by atoms with Crippen LogP contribution in [0, 0.1) is 0 Å². The zero-order valence-electron chi connectivity index (χ0n) is 17.3. The first-order valence-electron chi connectivity index (χ1n) is 10.5. The second-order valence-corrected chi connectivity index (χ2v) is 7.23. The monoisotopic (exact) mass is 408 g/mol. The van der Waals surface area contributed by atoms with Gasteiger partial charge in [-0.05, 0) is 43.7 Å². The van der Waals surface area contributed by atoms with Crippen molar-refractivity contribution in [3.63, 3.8) is 0 Å². The highest BCUT2D eigenvalue weighted by Gasteiger charge is 2.21. The summed E-state index contributed by atoms with van der Waals surface area (Å²) < 4.78 is 7.42. The van der Waals surface area contributed by atoms with E-state index in [4.69, 9.17) is 4.74 Å². The lowest BCUT2D eigenvalue weighted by Crippen LogP contribution is -2.47. The summed E-state index contributed by atoms with van der Waals surface area (Å²) in [5, 5.41) is 2.97. The van der Waals surface area contributed by atoms with E-state index < -0.39 is 0 Å². The summed E-state index contributed by atoms with van der Waals surface area (Å²) in [6, 6.07) is 9.91. The number of hydrogen-bond acceptors (Lipinski definition) is 6. The molecule has 0 spiro atoms. The molecule has 1 aliphatic heterocycles. The number of piperazine rings is 1. The van der Waals surface area contributed by atoms with Gasteiger partial charge >= 0.3 is 0 Å². The van der Waals surface area contributed by atoms with Gasteiger partial charge in [0.25, 0.3) is 5.91 Å². The molecule has 0 bridgehead atoms. The molecule has 0 saturated carbocycles. The van der Waals surface area contributed by atoms with Gasteiger partial charge in [0.1, 0.15) is 5.82 Å². The molecular weight excluding hydrogens is 380 g/mol. The molecule has 0 atom stereocenters. The number of nitrogens with one attached hydrogen (secondary N) is 1. The van der Waals surface area contributed by atoms with Crippen LogP contribution in [0.3, 0.4) is 0 Å². The van der Waals surface area contributed by atoms with Gasteiger partial charge in [-0.25, -0.2) is 9.97 Å². The van der Waals surface area contributed by atoms with Gasteiger partial charge in [0, 0.05) is 70.0 Å². The molecule has 0 radical (unpaired) electrons. The normalized spacial score (nSPS) is 14.3. The Morgan fingerprint density at radius 3 is 2.57 bits per heavy atom. The second-order valence-electron chi connectivity index (χ2n) is 7.23. The van der Waals surface area contributed by atoms with Gasteiger partial charge < -0.3 is 24.3 Å². The van der Waals surface area contributed by atoms with Gasteiger partial charge in [0.05, 0.1) is 5.56 Å². The standard InChI is InChI=1S/C22H28N6O2/c1-2-30-16-4-11-23-21(29)18-5-6-19-7-8-20(28(19)17-18)26-12-14-27(15-13-26)22-24-9-3-10-25-22/h3,5-10,17H,2,4,11-16H2,1H3,(H,23,29). The molecule has 158 valence electrons. The van der Waals surface area contributed by atoms with Crippen LogP contribution < -0.4 is 15.1 Å². The van der Waals surface area contributed by atoms with Crippen molar-refractivity contribution in [2.24, 2.45) is 0 Å². The van der Waals surface area contributed by atoms with Crippen molar-refractivity contribution in [2.45, 2.75) is 13.3 Å².